The Morgan fingerprint density at radius 3 is 2.86 bits per heavy atom. The number of esters is 1. The smallest absolute Gasteiger partial charge is 0.334 e. The van der Waals surface area contributed by atoms with Gasteiger partial charge in [-0.25, -0.2) is 4.79 Å². The van der Waals surface area contributed by atoms with Crippen molar-refractivity contribution in [3.8, 4) is 0 Å². The van der Waals surface area contributed by atoms with Gasteiger partial charge in [-0.05, 0) is 12.1 Å². The Bertz CT molecular complexity index is 371. The highest BCUT2D eigenvalue weighted by atomic mass is 79.9. The quantitative estimate of drug-likeness (QED) is 0.503. The molecule has 74 valence electrons. The van der Waals surface area contributed by atoms with E-state index in [1.54, 1.807) is 18.2 Å². The van der Waals surface area contributed by atoms with Gasteiger partial charge in [0.25, 0.3) is 0 Å². The number of benzene rings is 1. The molecule has 0 radical (unpaired) electrons. The van der Waals surface area contributed by atoms with E-state index in [-0.39, 0.29) is 5.76 Å². The minimum absolute atomic E-state index is 0.113. The third kappa shape index (κ3) is 2.88. The minimum Gasteiger partial charge on any atom is -0.507 e. The third-order valence-corrected chi connectivity index (χ3v) is 2.07. The van der Waals surface area contributed by atoms with Crippen LogP contribution >= 0.6 is 15.9 Å². The predicted molar refractivity (Wildman–Crippen MR) is 56.8 cm³/mol. The van der Waals surface area contributed by atoms with Gasteiger partial charge in [-0.15, -0.1) is 0 Å². The van der Waals surface area contributed by atoms with Crippen LogP contribution in [0.5, 0.6) is 0 Å². The summed E-state index contributed by atoms with van der Waals surface area (Å²) in [5.74, 6) is -0.694. The zero-order valence-corrected chi connectivity index (χ0v) is 9.11. The Morgan fingerprint density at radius 1 is 1.57 bits per heavy atom. The van der Waals surface area contributed by atoms with E-state index in [2.05, 4.69) is 20.7 Å². The van der Waals surface area contributed by atoms with Crippen LogP contribution in [0.1, 0.15) is 5.56 Å². The van der Waals surface area contributed by atoms with Crippen LogP contribution in [0.3, 0.4) is 0 Å². The van der Waals surface area contributed by atoms with Crippen molar-refractivity contribution < 1.29 is 14.6 Å². The average Bonchev–Trinajstić information content (AvgIpc) is 2.17. The van der Waals surface area contributed by atoms with Crippen LogP contribution in [0, 0.1) is 0 Å². The van der Waals surface area contributed by atoms with Gasteiger partial charge in [-0.2, -0.15) is 0 Å². The number of carbonyl (C=O) groups is 1. The van der Waals surface area contributed by atoms with Crippen LogP contribution in [0.25, 0.3) is 5.76 Å². The summed E-state index contributed by atoms with van der Waals surface area (Å²) >= 11 is 3.26. The maximum absolute atomic E-state index is 10.8. The van der Waals surface area contributed by atoms with E-state index in [4.69, 9.17) is 0 Å². The maximum Gasteiger partial charge on any atom is 0.334 e. The van der Waals surface area contributed by atoms with E-state index in [1.807, 2.05) is 6.07 Å². The summed E-state index contributed by atoms with van der Waals surface area (Å²) in [6.45, 7) is 0. The molecule has 1 rings (SSSR count). The molecular weight excluding hydrogens is 248 g/mol. The van der Waals surface area contributed by atoms with Crippen LogP contribution in [0.4, 0.5) is 0 Å². The Morgan fingerprint density at radius 2 is 2.29 bits per heavy atom. The Balaban J connectivity index is 2.94. The lowest BCUT2D eigenvalue weighted by Gasteiger charge is -2.00. The first-order valence-corrected chi connectivity index (χ1v) is 4.67. The van der Waals surface area contributed by atoms with Gasteiger partial charge >= 0.3 is 5.97 Å². The fourth-order valence-electron chi connectivity index (χ4n) is 0.902. The molecule has 0 unspecified atom stereocenters. The van der Waals surface area contributed by atoms with Gasteiger partial charge in [0.1, 0.15) is 5.76 Å². The summed E-state index contributed by atoms with van der Waals surface area (Å²) in [7, 11) is 1.26. The first-order chi connectivity index (χ1) is 6.63. The van der Waals surface area contributed by atoms with Crippen molar-refractivity contribution in [3.63, 3.8) is 0 Å². The average molecular weight is 257 g/mol. The number of aliphatic hydroxyl groups excluding tert-OH is 1. The highest BCUT2D eigenvalue weighted by molar-refractivity contribution is 9.10. The SMILES string of the molecule is COC(=O)C=C(O)c1cccc(Br)c1. The standard InChI is InChI=1S/C10H9BrO3/c1-14-10(13)6-9(12)7-3-2-4-8(11)5-7/h2-6,12H,1H3. The summed E-state index contributed by atoms with van der Waals surface area (Å²) < 4.78 is 5.22. The molecule has 0 aliphatic heterocycles. The molecule has 1 N–H and O–H groups in total. The van der Waals surface area contributed by atoms with Crippen molar-refractivity contribution in [2.45, 2.75) is 0 Å². The van der Waals surface area contributed by atoms with Crippen molar-refractivity contribution >= 4 is 27.7 Å². The highest BCUT2D eigenvalue weighted by Gasteiger charge is 2.02. The number of hydrogen-bond donors (Lipinski definition) is 1. The molecule has 1 aromatic carbocycles. The van der Waals surface area contributed by atoms with Crippen molar-refractivity contribution in [3.05, 3.63) is 40.4 Å². The van der Waals surface area contributed by atoms with Crippen LogP contribution in [-0.2, 0) is 9.53 Å². The zero-order valence-electron chi connectivity index (χ0n) is 7.53. The van der Waals surface area contributed by atoms with Crippen LogP contribution < -0.4 is 0 Å². The van der Waals surface area contributed by atoms with Crippen molar-refractivity contribution in [2.75, 3.05) is 7.11 Å². The zero-order chi connectivity index (χ0) is 10.6. The molecule has 3 nitrogen and oxygen atoms in total. The van der Waals surface area contributed by atoms with Crippen LogP contribution in [-0.4, -0.2) is 18.2 Å². The third-order valence-electron chi connectivity index (χ3n) is 1.58. The Labute approximate surface area is 90.1 Å². The number of halogens is 1. The molecule has 0 fully saturated rings. The summed E-state index contributed by atoms with van der Waals surface area (Å²) in [6.07, 6.45) is 1.03. The van der Waals surface area contributed by atoms with E-state index < -0.39 is 5.97 Å². The molecule has 0 heterocycles. The summed E-state index contributed by atoms with van der Waals surface area (Å²) in [6, 6.07) is 6.99. The summed E-state index contributed by atoms with van der Waals surface area (Å²) in [5.41, 5.74) is 0.560. The second-order valence-corrected chi connectivity index (χ2v) is 3.48. The lowest BCUT2D eigenvalue weighted by Crippen LogP contribution is -1.96. The molecule has 0 amide bonds. The highest BCUT2D eigenvalue weighted by Crippen LogP contribution is 2.17. The molecule has 0 aliphatic rings. The second-order valence-electron chi connectivity index (χ2n) is 2.56. The van der Waals surface area contributed by atoms with Gasteiger partial charge in [0, 0.05) is 10.0 Å². The monoisotopic (exact) mass is 256 g/mol. The number of methoxy groups -OCH3 is 1. The van der Waals surface area contributed by atoms with Crippen molar-refractivity contribution in [2.24, 2.45) is 0 Å². The second kappa shape index (κ2) is 4.81. The molecule has 0 saturated carbocycles. The van der Waals surface area contributed by atoms with Gasteiger partial charge < -0.3 is 9.84 Å². The van der Waals surface area contributed by atoms with Gasteiger partial charge in [-0.3, -0.25) is 0 Å². The fourth-order valence-corrected chi connectivity index (χ4v) is 1.30. The molecule has 14 heavy (non-hydrogen) atoms. The molecule has 0 bridgehead atoms. The number of rotatable bonds is 2. The number of hydrogen-bond acceptors (Lipinski definition) is 3. The predicted octanol–water partition coefficient (Wildman–Crippen LogP) is 2.52. The molecular formula is C10H9BrO3. The Hall–Kier alpha value is -1.29. The van der Waals surface area contributed by atoms with Crippen LogP contribution in [0.2, 0.25) is 0 Å². The molecule has 0 spiro atoms. The van der Waals surface area contributed by atoms with Gasteiger partial charge in [0.2, 0.25) is 0 Å². The van der Waals surface area contributed by atoms with Crippen LogP contribution in [0.15, 0.2) is 34.8 Å². The number of aliphatic hydroxyl groups is 1. The molecule has 4 heteroatoms. The molecule has 1 aromatic rings. The van der Waals surface area contributed by atoms with E-state index in [9.17, 15) is 9.90 Å². The summed E-state index contributed by atoms with van der Waals surface area (Å²) in [5, 5.41) is 9.49. The molecule has 0 saturated heterocycles. The normalized spacial score (nSPS) is 11.1. The molecule has 0 aromatic heterocycles. The maximum atomic E-state index is 10.8. The lowest BCUT2D eigenvalue weighted by atomic mass is 10.2. The van der Waals surface area contributed by atoms with Gasteiger partial charge in [0.05, 0.1) is 13.2 Å². The number of ether oxygens (including phenoxy) is 1. The lowest BCUT2D eigenvalue weighted by molar-refractivity contribution is -0.134. The van der Waals surface area contributed by atoms with E-state index in [0.29, 0.717) is 5.56 Å². The van der Waals surface area contributed by atoms with Crippen molar-refractivity contribution in [1.82, 2.24) is 0 Å². The van der Waals surface area contributed by atoms with E-state index >= 15 is 0 Å². The largest absolute Gasteiger partial charge is 0.507 e. The molecule has 0 atom stereocenters. The molecule has 0 aliphatic carbocycles. The Kier molecular flexibility index (Phi) is 3.71. The summed E-state index contributed by atoms with van der Waals surface area (Å²) in [4.78, 5) is 10.8. The topological polar surface area (TPSA) is 46.5 Å². The van der Waals surface area contributed by atoms with Gasteiger partial charge in [-0.1, -0.05) is 28.1 Å². The fraction of sp³-hybridized carbons (Fsp3) is 0.100. The minimum atomic E-state index is -0.581. The van der Waals surface area contributed by atoms with Gasteiger partial charge in [0.15, 0.2) is 0 Å². The number of carbonyl (C=O) groups excluding carboxylic acids is 1. The first-order valence-electron chi connectivity index (χ1n) is 3.88. The van der Waals surface area contributed by atoms with E-state index in [0.717, 1.165) is 10.5 Å². The van der Waals surface area contributed by atoms with E-state index in [1.165, 1.54) is 7.11 Å². The first kappa shape index (κ1) is 10.8. The van der Waals surface area contributed by atoms with Crippen molar-refractivity contribution in [1.29, 1.82) is 0 Å².